The Hall–Kier alpha value is -1.82. The molecule has 1 aromatic carbocycles. The predicted octanol–water partition coefficient (Wildman–Crippen LogP) is 1.82. The molecule has 1 atom stereocenters. The van der Waals surface area contributed by atoms with Gasteiger partial charge in [0.15, 0.2) is 5.16 Å². The Kier molecular flexibility index (Phi) is 3.48. The minimum atomic E-state index is -0.263. The van der Waals surface area contributed by atoms with Gasteiger partial charge in [0.2, 0.25) is 0 Å². The molecule has 5 nitrogen and oxygen atoms in total. The number of carbonyl (C=O) groups excluding carboxylic acids is 1. The lowest BCUT2D eigenvalue weighted by atomic mass is 10.2. The molecule has 0 spiro atoms. The van der Waals surface area contributed by atoms with Crippen LogP contribution in [0.25, 0.3) is 10.9 Å². The summed E-state index contributed by atoms with van der Waals surface area (Å²) < 4.78 is 6.56. The van der Waals surface area contributed by atoms with Crippen molar-refractivity contribution in [3.8, 4) is 0 Å². The van der Waals surface area contributed by atoms with Crippen molar-refractivity contribution < 1.29 is 9.53 Å². The summed E-state index contributed by atoms with van der Waals surface area (Å²) in [5, 5.41) is 0.925. The highest BCUT2D eigenvalue weighted by Gasteiger charge is 2.29. The lowest BCUT2D eigenvalue weighted by Crippen LogP contribution is -2.24. The molecule has 1 fully saturated rings. The van der Waals surface area contributed by atoms with Crippen LogP contribution >= 0.6 is 11.8 Å². The topological polar surface area (TPSA) is 61.2 Å². The standard InChI is InChI=1S/C14H14N2O3S/c1-2-16-12(17)9-5-3-4-6-10(9)15-14(16)20-11-7-8-19-13(11)18/h3-6,11H,2,7-8H2,1H3/t11-/m0/s1. The maximum atomic E-state index is 12.4. The minimum absolute atomic E-state index is 0.0630. The van der Waals surface area contributed by atoms with E-state index in [-0.39, 0.29) is 16.8 Å². The van der Waals surface area contributed by atoms with E-state index >= 15 is 0 Å². The summed E-state index contributed by atoms with van der Waals surface area (Å²) in [5.41, 5.74) is 0.600. The number of ether oxygens (including phenoxy) is 1. The summed E-state index contributed by atoms with van der Waals surface area (Å²) in [4.78, 5) is 28.5. The first kappa shape index (κ1) is 13.2. The predicted molar refractivity (Wildman–Crippen MR) is 76.9 cm³/mol. The second-order valence-corrected chi connectivity index (χ2v) is 5.69. The Morgan fingerprint density at radius 1 is 1.40 bits per heavy atom. The van der Waals surface area contributed by atoms with Crippen molar-refractivity contribution in [2.45, 2.75) is 30.3 Å². The summed E-state index contributed by atoms with van der Waals surface area (Å²) in [7, 11) is 0. The van der Waals surface area contributed by atoms with Crippen LogP contribution in [0.4, 0.5) is 0 Å². The van der Waals surface area contributed by atoms with Crippen LogP contribution in [0.3, 0.4) is 0 Å². The lowest BCUT2D eigenvalue weighted by Gasteiger charge is -2.12. The van der Waals surface area contributed by atoms with Crippen LogP contribution in [0.1, 0.15) is 13.3 Å². The van der Waals surface area contributed by atoms with Crippen LogP contribution in [0, 0.1) is 0 Å². The Labute approximate surface area is 120 Å². The molecule has 2 heterocycles. The van der Waals surface area contributed by atoms with Crippen molar-refractivity contribution in [1.82, 2.24) is 9.55 Å². The molecule has 1 aromatic heterocycles. The Balaban J connectivity index is 2.09. The van der Waals surface area contributed by atoms with E-state index in [9.17, 15) is 9.59 Å². The van der Waals surface area contributed by atoms with Gasteiger partial charge in [-0.1, -0.05) is 23.9 Å². The fraction of sp³-hybridized carbons (Fsp3) is 0.357. The van der Waals surface area contributed by atoms with E-state index in [4.69, 9.17) is 4.74 Å². The molecule has 2 aromatic rings. The number of cyclic esters (lactones) is 1. The van der Waals surface area contributed by atoms with Gasteiger partial charge < -0.3 is 4.74 Å². The van der Waals surface area contributed by atoms with Crippen molar-refractivity contribution >= 4 is 28.6 Å². The molecule has 0 saturated carbocycles. The van der Waals surface area contributed by atoms with Gasteiger partial charge in [-0.05, 0) is 19.1 Å². The van der Waals surface area contributed by atoms with Gasteiger partial charge >= 0.3 is 5.97 Å². The van der Waals surface area contributed by atoms with Gasteiger partial charge in [0.25, 0.3) is 5.56 Å². The monoisotopic (exact) mass is 290 g/mol. The first-order valence-corrected chi connectivity index (χ1v) is 7.41. The number of thioether (sulfide) groups is 1. The van der Waals surface area contributed by atoms with Crippen LogP contribution in [0.15, 0.2) is 34.2 Å². The zero-order valence-electron chi connectivity index (χ0n) is 11.0. The maximum Gasteiger partial charge on any atom is 0.319 e. The average Bonchev–Trinajstić information content (AvgIpc) is 2.85. The van der Waals surface area contributed by atoms with Crippen LogP contribution in [-0.4, -0.2) is 27.4 Å². The summed E-state index contributed by atoms with van der Waals surface area (Å²) in [6.45, 7) is 2.87. The minimum Gasteiger partial charge on any atom is -0.465 e. The average molecular weight is 290 g/mol. The molecule has 0 radical (unpaired) electrons. The molecule has 1 aliphatic rings. The van der Waals surface area contributed by atoms with E-state index in [0.717, 1.165) is 0 Å². The third-order valence-corrected chi connectivity index (χ3v) is 4.51. The van der Waals surface area contributed by atoms with E-state index in [0.29, 0.717) is 35.6 Å². The normalized spacial score (nSPS) is 18.4. The molecule has 0 bridgehead atoms. The van der Waals surface area contributed by atoms with Crippen molar-refractivity contribution in [3.05, 3.63) is 34.6 Å². The summed E-state index contributed by atoms with van der Waals surface area (Å²) in [5.74, 6) is -0.222. The molecule has 0 N–H and O–H groups in total. The second-order valence-electron chi connectivity index (χ2n) is 4.52. The first-order chi connectivity index (χ1) is 9.70. The van der Waals surface area contributed by atoms with Gasteiger partial charge in [-0.25, -0.2) is 4.98 Å². The van der Waals surface area contributed by atoms with Crippen molar-refractivity contribution in [2.24, 2.45) is 0 Å². The molecule has 1 aliphatic heterocycles. The largest absolute Gasteiger partial charge is 0.465 e. The van der Waals surface area contributed by atoms with Gasteiger partial charge in [-0.15, -0.1) is 0 Å². The number of para-hydroxylation sites is 1. The number of carbonyl (C=O) groups is 1. The molecule has 6 heteroatoms. The van der Waals surface area contributed by atoms with Gasteiger partial charge in [-0.2, -0.15) is 0 Å². The van der Waals surface area contributed by atoms with Crippen molar-refractivity contribution in [3.63, 3.8) is 0 Å². The van der Waals surface area contributed by atoms with Crippen molar-refractivity contribution in [2.75, 3.05) is 6.61 Å². The summed E-state index contributed by atoms with van der Waals surface area (Å²) >= 11 is 1.32. The van der Waals surface area contributed by atoms with Crippen LogP contribution in [0.2, 0.25) is 0 Å². The van der Waals surface area contributed by atoms with E-state index in [1.54, 1.807) is 10.6 Å². The number of benzene rings is 1. The van der Waals surface area contributed by atoms with E-state index < -0.39 is 0 Å². The zero-order valence-corrected chi connectivity index (χ0v) is 11.9. The molecule has 0 aliphatic carbocycles. The fourth-order valence-electron chi connectivity index (χ4n) is 2.23. The van der Waals surface area contributed by atoms with Gasteiger partial charge in [0.1, 0.15) is 5.25 Å². The highest BCUT2D eigenvalue weighted by atomic mass is 32.2. The highest BCUT2D eigenvalue weighted by molar-refractivity contribution is 8.00. The number of esters is 1. The molecule has 1 saturated heterocycles. The quantitative estimate of drug-likeness (QED) is 0.637. The van der Waals surface area contributed by atoms with Gasteiger partial charge in [-0.3, -0.25) is 14.2 Å². The molecule has 0 unspecified atom stereocenters. The third-order valence-electron chi connectivity index (χ3n) is 3.28. The van der Waals surface area contributed by atoms with Crippen LogP contribution in [-0.2, 0) is 16.1 Å². The van der Waals surface area contributed by atoms with Gasteiger partial charge in [0, 0.05) is 13.0 Å². The van der Waals surface area contributed by atoms with Crippen LogP contribution < -0.4 is 5.56 Å². The molecule has 3 rings (SSSR count). The second kappa shape index (κ2) is 5.28. The molecule has 20 heavy (non-hydrogen) atoms. The van der Waals surface area contributed by atoms with Crippen LogP contribution in [0.5, 0.6) is 0 Å². The fourth-order valence-corrected chi connectivity index (χ4v) is 3.35. The number of rotatable bonds is 3. The van der Waals surface area contributed by atoms with Gasteiger partial charge in [0.05, 0.1) is 17.5 Å². The number of nitrogens with zero attached hydrogens (tertiary/aromatic N) is 2. The highest BCUT2D eigenvalue weighted by Crippen LogP contribution is 2.28. The Morgan fingerprint density at radius 2 is 2.20 bits per heavy atom. The molecule has 0 amide bonds. The summed E-state index contributed by atoms with van der Waals surface area (Å²) in [6, 6.07) is 7.26. The van der Waals surface area contributed by atoms with E-state index in [1.807, 2.05) is 25.1 Å². The maximum absolute atomic E-state index is 12.4. The number of aromatic nitrogens is 2. The first-order valence-electron chi connectivity index (χ1n) is 6.53. The molecular formula is C14H14N2O3S. The molecule has 104 valence electrons. The number of hydrogen-bond donors (Lipinski definition) is 0. The number of fused-ring (bicyclic) bond motifs is 1. The summed E-state index contributed by atoms with van der Waals surface area (Å²) in [6.07, 6.45) is 0.663. The Bertz CT molecular complexity index is 726. The molecular weight excluding hydrogens is 276 g/mol. The lowest BCUT2D eigenvalue weighted by molar-refractivity contribution is -0.137. The van der Waals surface area contributed by atoms with E-state index in [2.05, 4.69) is 4.98 Å². The smallest absolute Gasteiger partial charge is 0.319 e. The van der Waals surface area contributed by atoms with Crippen molar-refractivity contribution in [1.29, 1.82) is 0 Å². The SMILES string of the molecule is CCn1c(S[C@H]2CCOC2=O)nc2ccccc2c1=O. The zero-order chi connectivity index (χ0) is 14.1. The van der Waals surface area contributed by atoms with E-state index in [1.165, 1.54) is 11.8 Å². The number of hydrogen-bond acceptors (Lipinski definition) is 5. The Morgan fingerprint density at radius 3 is 2.90 bits per heavy atom. The third kappa shape index (κ3) is 2.20.